The SMILES string of the molecule is COc1cc2c(N3CC[C@@H](O)[C@@H](C)C3)ncnc2cc1F. The van der Waals surface area contributed by atoms with Gasteiger partial charge >= 0.3 is 0 Å². The van der Waals surface area contributed by atoms with E-state index in [1.54, 1.807) is 6.07 Å². The Balaban J connectivity index is 2.06. The average molecular weight is 291 g/mol. The zero-order valence-corrected chi connectivity index (χ0v) is 12.1. The summed E-state index contributed by atoms with van der Waals surface area (Å²) in [6, 6.07) is 3.00. The van der Waals surface area contributed by atoms with Crippen LogP contribution in [0.5, 0.6) is 5.75 Å². The topological polar surface area (TPSA) is 58.5 Å². The quantitative estimate of drug-likeness (QED) is 0.917. The Morgan fingerprint density at radius 2 is 2.19 bits per heavy atom. The predicted octanol–water partition coefficient (Wildman–Crippen LogP) is 1.98. The van der Waals surface area contributed by atoms with Gasteiger partial charge in [-0.15, -0.1) is 0 Å². The molecule has 2 heterocycles. The second kappa shape index (κ2) is 5.44. The van der Waals surface area contributed by atoms with E-state index in [1.807, 2.05) is 6.92 Å². The maximum atomic E-state index is 13.8. The first kappa shape index (κ1) is 14.0. The molecule has 2 aromatic rings. The molecule has 1 N–H and O–H groups in total. The molecule has 21 heavy (non-hydrogen) atoms. The summed E-state index contributed by atoms with van der Waals surface area (Å²) in [7, 11) is 1.44. The number of fused-ring (bicyclic) bond motifs is 1. The molecule has 6 heteroatoms. The molecule has 0 spiro atoms. The number of ether oxygens (including phenoxy) is 1. The molecule has 1 aliphatic rings. The smallest absolute Gasteiger partial charge is 0.167 e. The molecule has 1 aromatic carbocycles. The number of aromatic nitrogens is 2. The fourth-order valence-electron chi connectivity index (χ4n) is 2.78. The number of nitrogens with zero attached hydrogens (tertiary/aromatic N) is 3. The number of rotatable bonds is 2. The Bertz CT molecular complexity index is 665. The van der Waals surface area contributed by atoms with Crippen LogP contribution in [0.4, 0.5) is 10.2 Å². The molecule has 112 valence electrons. The second-order valence-corrected chi connectivity index (χ2v) is 5.48. The van der Waals surface area contributed by atoms with Crippen molar-refractivity contribution >= 4 is 16.7 Å². The van der Waals surface area contributed by atoms with Crippen LogP contribution in [0, 0.1) is 11.7 Å². The Morgan fingerprint density at radius 3 is 2.90 bits per heavy atom. The van der Waals surface area contributed by atoms with Crippen molar-refractivity contribution in [3.8, 4) is 5.75 Å². The Labute approximate surface area is 122 Å². The molecule has 1 saturated heterocycles. The molecule has 0 aliphatic carbocycles. The van der Waals surface area contributed by atoms with Crippen molar-refractivity contribution < 1.29 is 14.2 Å². The number of aliphatic hydroxyl groups excluding tert-OH is 1. The number of hydrogen-bond acceptors (Lipinski definition) is 5. The van der Waals surface area contributed by atoms with Gasteiger partial charge in [0.1, 0.15) is 12.1 Å². The van der Waals surface area contributed by atoms with Crippen molar-refractivity contribution in [1.82, 2.24) is 9.97 Å². The Kier molecular flexibility index (Phi) is 3.63. The summed E-state index contributed by atoms with van der Waals surface area (Å²) in [6.45, 7) is 3.45. The van der Waals surface area contributed by atoms with E-state index in [1.165, 1.54) is 19.5 Å². The van der Waals surface area contributed by atoms with Crippen molar-refractivity contribution in [3.63, 3.8) is 0 Å². The van der Waals surface area contributed by atoms with Gasteiger partial charge in [-0.05, 0) is 18.4 Å². The number of piperidine rings is 1. The number of methoxy groups -OCH3 is 1. The fourth-order valence-corrected chi connectivity index (χ4v) is 2.78. The minimum atomic E-state index is -0.433. The van der Waals surface area contributed by atoms with E-state index in [2.05, 4.69) is 14.9 Å². The minimum absolute atomic E-state index is 0.172. The van der Waals surface area contributed by atoms with Crippen LogP contribution in [0.3, 0.4) is 0 Å². The lowest BCUT2D eigenvalue weighted by molar-refractivity contribution is 0.0969. The Hall–Kier alpha value is -1.95. The highest BCUT2D eigenvalue weighted by Crippen LogP contribution is 2.31. The highest BCUT2D eigenvalue weighted by Gasteiger charge is 2.26. The van der Waals surface area contributed by atoms with E-state index in [-0.39, 0.29) is 17.8 Å². The lowest BCUT2D eigenvalue weighted by atomic mass is 9.96. The monoisotopic (exact) mass is 291 g/mol. The molecule has 0 saturated carbocycles. The largest absolute Gasteiger partial charge is 0.494 e. The third kappa shape index (κ3) is 2.51. The van der Waals surface area contributed by atoms with Crippen LogP contribution >= 0.6 is 0 Å². The van der Waals surface area contributed by atoms with Gasteiger partial charge in [-0.25, -0.2) is 14.4 Å². The standard InChI is InChI=1S/C15H18FN3O2/c1-9-7-19(4-3-13(9)20)15-10-5-14(21-2)11(16)6-12(10)17-8-18-15/h5-6,8-9,13,20H,3-4,7H2,1-2H3/t9-,13+/m0/s1. The normalized spacial score (nSPS) is 22.6. The Morgan fingerprint density at radius 1 is 1.38 bits per heavy atom. The van der Waals surface area contributed by atoms with Gasteiger partial charge in [0.15, 0.2) is 11.6 Å². The highest BCUT2D eigenvalue weighted by atomic mass is 19.1. The van der Waals surface area contributed by atoms with Gasteiger partial charge in [0.05, 0.1) is 18.7 Å². The average Bonchev–Trinajstić information content (AvgIpc) is 2.48. The summed E-state index contributed by atoms with van der Waals surface area (Å²) < 4.78 is 18.8. The van der Waals surface area contributed by atoms with Gasteiger partial charge in [-0.2, -0.15) is 0 Å². The number of halogens is 1. The summed E-state index contributed by atoms with van der Waals surface area (Å²) in [4.78, 5) is 10.6. The van der Waals surface area contributed by atoms with Crippen molar-refractivity contribution in [2.24, 2.45) is 5.92 Å². The molecule has 3 rings (SSSR count). The number of anilines is 1. The molecule has 1 aliphatic heterocycles. The predicted molar refractivity (Wildman–Crippen MR) is 78.0 cm³/mol. The van der Waals surface area contributed by atoms with Gasteiger partial charge in [0, 0.05) is 24.5 Å². The molecular formula is C15H18FN3O2. The maximum absolute atomic E-state index is 13.8. The first-order valence-corrected chi connectivity index (χ1v) is 7.01. The van der Waals surface area contributed by atoms with E-state index in [0.717, 1.165) is 17.7 Å². The summed E-state index contributed by atoms with van der Waals surface area (Å²) in [5.74, 6) is 0.684. The lowest BCUT2D eigenvalue weighted by Crippen LogP contribution is -2.42. The van der Waals surface area contributed by atoms with Crippen LogP contribution in [-0.4, -0.2) is 41.4 Å². The molecule has 0 bridgehead atoms. The highest BCUT2D eigenvalue weighted by molar-refractivity contribution is 5.90. The number of benzene rings is 1. The molecule has 0 amide bonds. The molecule has 0 unspecified atom stereocenters. The summed E-state index contributed by atoms with van der Waals surface area (Å²) >= 11 is 0. The summed E-state index contributed by atoms with van der Waals surface area (Å²) in [5, 5.41) is 10.6. The van der Waals surface area contributed by atoms with Crippen LogP contribution < -0.4 is 9.64 Å². The first-order chi connectivity index (χ1) is 10.1. The zero-order chi connectivity index (χ0) is 15.0. The lowest BCUT2D eigenvalue weighted by Gasteiger charge is -2.35. The van der Waals surface area contributed by atoms with Crippen LogP contribution in [0.25, 0.3) is 10.9 Å². The molecular weight excluding hydrogens is 273 g/mol. The summed E-state index contributed by atoms with van der Waals surface area (Å²) in [6.07, 6.45) is 1.87. The number of aliphatic hydroxyl groups is 1. The van der Waals surface area contributed by atoms with Gasteiger partial charge in [0.2, 0.25) is 0 Å². The van der Waals surface area contributed by atoms with E-state index in [0.29, 0.717) is 18.5 Å². The fraction of sp³-hybridized carbons (Fsp3) is 0.467. The van der Waals surface area contributed by atoms with Crippen LogP contribution in [-0.2, 0) is 0 Å². The maximum Gasteiger partial charge on any atom is 0.167 e. The van der Waals surface area contributed by atoms with E-state index in [9.17, 15) is 9.50 Å². The first-order valence-electron chi connectivity index (χ1n) is 7.01. The van der Waals surface area contributed by atoms with Gasteiger partial charge in [-0.1, -0.05) is 6.92 Å². The third-order valence-electron chi connectivity index (χ3n) is 4.05. The van der Waals surface area contributed by atoms with Crippen molar-refractivity contribution in [2.45, 2.75) is 19.4 Å². The number of hydrogen-bond donors (Lipinski definition) is 1. The molecule has 5 nitrogen and oxygen atoms in total. The van der Waals surface area contributed by atoms with Gasteiger partial charge < -0.3 is 14.7 Å². The van der Waals surface area contributed by atoms with E-state index in [4.69, 9.17) is 4.74 Å². The van der Waals surface area contributed by atoms with Gasteiger partial charge in [-0.3, -0.25) is 0 Å². The summed E-state index contributed by atoms with van der Waals surface area (Å²) in [5.41, 5.74) is 0.553. The third-order valence-corrected chi connectivity index (χ3v) is 4.05. The van der Waals surface area contributed by atoms with Crippen LogP contribution in [0.15, 0.2) is 18.5 Å². The van der Waals surface area contributed by atoms with Crippen LogP contribution in [0.1, 0.15) is 13.3 Å². The second-order valence-electron chi connectivity index (χ2n) is 5.48. The van der Waals surface area contributed by atoms with Crippen molar-refractivity contribution in [1.29, 1.82) is 0 Å². The van der Waals surface area contributed by atoms with Gasteiger partial charge in [0.25, 0.3) is 0 Å². The molecule has 1 fully saturated rings. The molecule has 0 radical (unpaired) electrons. The molecule has 2 atom stereocenters. The minimum Gasteiger partial charge on any atom is -0.494 e. The zero-order valence-electron chi connectivity index (χ0n) is 12.1. The van der Waals surface area contributed by atoms with Crippen LogP contribution in [0.2, 0.25) is 0 Å². The molecule has 1 aromatic heterocycles. The van der Waals surface area contributed by atoms with E-state index < -0.39 is 5.82 Å². The van der Waals surface area contributed by atoms with E-state index >= 15 is 0 Å². The van der Waals surface area contributed by atoms with Crippen molar-refractivity contribution in [3.05, 3.63) is 24.3 Å². The van der Waals surface area contributed by atoms with Crippen molar-refractivity contribution in [2.75, 3.05) is 25.1 Å².